The molecule has 0 spiro atoms. The number of ether oxygens (including phenoxy) is 1. The van der Waals surface area contributed by atoms with Gasteiger partial charge in [-0.2, -0.15) is 5.26 Å². The van der Waals surface area contributed by atoms with Gasteiger partial charge in [0.25, 0.3) is 5.91 Å². The molecule has 0 unspecified atom stereocenters. The van der Waals surface area contributed by atoms with E-state index in [1.807, 2.05) is 83.8 Å². The van der Waals surface area contributed by atoms with Crippen LogP contribution in [0.4, 0.5) is 10.5 Å². The van der Waals surface area contributed by atoms with Crippen molar-refractivity contribution < 1.29 is 14.3 Å². The van der Waals surface area contributed by atoms with Gasteiger partial charge in [-0.05, 0) is 53.9 Å². The maximum Gasteiger partial charge on any atom is 0.321 e. The smallest absolute Gasteiger partial charge is 0.321 e. The highest BCUT2D eigenvalue weighted by atomic mass is 16.5. The van der Waals surface area contributed by atoms with Crippen LogP contribution >= 0.6 is 0 Å². The Morgan fingerprint density at radius 3 is 2.37 bits per heavy atom. The fourth-order valence-electron chi connectivity index (χ4n) is 3.99. The van der Waals surface area contributed by atoms with Crippen molar-refractivity contribution in [2.24, 2.45) is 0 Å². The molecule has 3 aromatic rings. The zero-order valence-electron chi connectivity index (χ0n) is 19.5. The molecule has 1 aliphatic heterocycles. The van der Waals surface area contributed by atoms with Crippen LogP contribution in [0.2, 0.25) is 0 Å². The van der Waals surface area contributed by atoms with Gasteiger partial charge in [-0.3, -0.25) is 4.79 Å². The monoisotopic (exact) mass is 468 g/mol. The SMILES string of the molecule is N#CCc1ccc(OCc2cccc(NC(=O)N3CCCN(C(=O)c4ccccc4)CC3)c2)cc1. The molecule has 0 saturated carbocycles. The van der Waals surface area contributed by atoms with Crippen molar-refractivity contribution in [3.8, 4) is 11.8 Å². The molecular formula is C28H28N4O3. The maximum absolute atomic E-state index is 12.9. The van der Waals surface area contributed by atoms with E-state index in [-0.39, 0.29) is 11.9 Å². The fourth-order valence-corrected chi connectivity index (χ4v) is 3.99. The first-order valence-electron chi connectivity index (χ1n) is 11.7. The van der Waals surface area contributed by atoms with Crippen LogP contribution < -0.4 is 10.1 Å². The quantitative estimate of drug-likeness (QED) is 0.568. The molecule has 35 heavy (non-hydrogen) atoms. The Hall–Kier alpha value is -4.31. The molecule has 178 valence electrons. The van der Waals surface area contributed by atoms with E-state index in [4.69, 9.17) is 10.00 Å². The lowest BCUT2D eigenvalue weighted by molar-refractivity contribution is 0.0762. The molecule has 0 atom stereocenters. The van der Waals surface area contributed by atoms with Crippen LogP contribution in [0, 0.1) is 11.3 Å². The standard InChI is InChI=1S/C28H28N4O3/c29-15-14-22-10-12-26(13-11-22)35-21-23-6-4-9-25(20-23)30-28(34)32-17-5-16-31(18-19-32)27(33)24-7-2-1-3-8-24/h1-4,6-13,20H,5,14,16-19,21H2,(H,30,34). The van der Waals surface area contributed by atoms with Gasteiger partial charge in [-0.1, -0.05) is 42.5 Å². The summed E-state index contributed by atoms with van der Waals surface area (Å²) in [5, 5.41) is 11.7. The van der Waals surface area contributed by atoms with Crippen LogP contribution in [-0.4, -0.2) is 47.9 Å². The largest absolute Gasteiger partial charge is 0.489 e. The molecule has 1 heterocycles. The highest BCUT2D eigenvalue weighted by Crippen LogP contribution is 2.17. The third kappa shape index (κ3) is 6.61. The molecule has 3 aromatic carbocycles. The number of carbonyl (C=O) groups excluding carboxylic acids is 2. The maximum atomic E-state index is 12.9. The average molecular weight is 469 g/mol. The normalized spacial score (nSPS) is 13.5. The van der Waals surface area contributed by atoms with Crippen LogP contribution in [0.5, 0.6) is 5.75 Å². The Morgan fingerprint density at radius 2 is 1.60 bits per heavy atom. The van der Waals surface area contributed by atoms with Crippen molar-refractivity contribution >= 4 is 17.6 Å². The summed E-state index contributed by atoms with van der Waals surface area (Å²) in [4.78, 5) is 29.2. The number of anilines is 1. The molecule has 1 aliphatic rings. The molecule has 7 heteroatoms. The van der Waals surface area contributed by atoms with E-state index < -0.39 is 0 Å². The first-order valence-corrected chi connectivity index (χ1v) is 11.7. The highest BCUT2D eigenvalue weighted by Gasteiger charge is 2.22. The van der Waals surface area contributed by atoms with Crippen molar-refractivity contribution in [2.75, 3.05) is 31.5 Å². The molecule has 1 N–H and O–H groups in total. The van der Waals surface area contributed by atoms with Crippen LogP contribution in [-0.2, 0) is 13.0 Å². The summed E-state index contributed by atoms with van der Waals surface area (Å²) in [7, 11) is 0. The molecule has 0 aliphatic carbocycles. The summed E-state index contributed by atoms with van der Waals surface area (Å²) in [6.07, 6.45) is 1.10. The van der Waals surface area contributed by atoms with E-state index in [0.29, 0.717) is 50.5 Å². The topological polar surface area (TPSA) is 85.7 Å². The van der Waals surface area contributed by atoms with Crippen molar-refractivity contribution in [1.29, 1.82) is 5.26 Å². The molecule has 1 fully saturated rings. The summed E-state index contributed by atoms with van der Waals surface area (Å²) < 4.78 is 5.85. The molecule has 3 amide bonds. The van der Waals surface area contributed by atoms with Crippen molar-refractivity contribution in [3.63, 3.8) is 0 Å². The lowest BCUT2D eigenvalue weighted by atomic mass is 10.1. The first kappa shape index (κ1) is 23.8. The summed E-state index contributed by atoms with van der Waals surface area (Å²) in [5.41, 5.74) is 3.24. The van der Waals surface area contributed by atoms with E-state index in [9.17, 15) is 9.59 Å². The number of hydrogen-bond acceptors (Lipinski definition) is 4. The van der Waals surface area contributed by atoms with Crippen molar-refractivity contribution in [2.45, 2.75) is 19.4 Å². The van der Waals surface area contributed by atoms with Gasteiger partial charge in [0.2, 0.25) is 0 Å². The van der Waals surface area contributed by atoms with E-state index in [0.717, 1.165) is 23.3 Å². The van der Waals surface area contributed by atoms with E-state index in [1.165, 1.54) is 0 Å². The number of benzene rings is 3. The zero-order chi connectivity index (χ0) is 24.5. The van der Waals surface area contributed by atoms with Crippen molar-refractivity contribution in [1.82, 2.24) is 9.80 Å². The lowest BCUT2D eigenvalue weighted by Crippen LogP contribution is -2.39. The number of nitrogens with zero attached hydrogens (tertiary/aromatic N) is 3. The molecule has 4 rings (SSSR count). The van der Waals surface area contributed by atoms with E-state index >= 15 is 0 Å². The van der Waals surface area contributed by atoms with Gasteiger partial charge < -0.3 is 19.9 Å². The summed E-state index contributed by atoms with van der Waals surface area (Å²) in [6.45, 7) is 2.57. The van der Waals surface area contributed by atoms with Gasteiger partial charge in [-0.15, -0.1) is 0 Å². The molecule has 0 aromatic heterocycles. The number of nitriles is 1. The Bertz CT molecular complexity index is 1190. The summed E-state index contributed by atoms with van der Waals surface area (Å²) in [6, 6.07) is 26.2. The van der Waals surface area contributed by atoms with Gasteiger partial charge >= 0.3 is 6.03 Å². The lowest BCUT2D eigenvalue weighted by Gasteiger charge is -2.22. The Kier molecular flexibility index (Phi) is 7.97. The number of hydrogen-bond donors (Lipinski definition) is 1. The minimum absolute atomic E-state index is 0.000243. The van der Waals surface area contributed by atoms with E-state index in [2.05, 4.69) is 11.4 Å². The first-order chi connectivity index (χ1) is 17.1. The minimum atomic E-state index is -0.176. The third-order valence-electron chi connectivity index (χ3n) is 5.88. The van der Waals surface area contributed by atoms with E-state index in [1.54, 1.807) is 4.90 Å². The van der Waals surface area contributed by atoms with Gasteiger partial charge in [0, 0.05) is 37.4 Å². The van der Waals surface area contributed by atoms with Gasteiger partial charge in [0.15, 0.2) is 0 Å². The third-order valence-corrected chi connectivity index (χ3v) is 5.88. The molecular weight excluding hydrogens is 440 g/mol. The fraction of sp³-hybridized carbons (Fsp3) is 0.250. The second-order valence-corrected chi connectivity index (χ2v) is 8.40. The van der Waals surface area contributed by atoms with Gasteiger partial charge in [-0.25, -0.2) is 4.79 Å². The predicted octanol–water partition coefficient (Wildman–Crippen LogP) is 4.71. The van der Waals surface area contributed by atoms with Crippen LogP contribution in [0.1, 0.15) is 27.9 Å². The van der Waals surface area contributed by atoms with Crippen LogP contribution in [0.25, 0.3) is 0 Å². The number of nitrogens with one attached hydrogen (secondary N) is 1. The molecule has 1 saturated heterocycles. The second-order valence-electron chi connectivity index (χ2n) is 8.40. The Labute approximate surface area is 205 Å². The molecule has 7 nitrogen and oxygen atoms in total. The Balaban J connectivity index is 1.30. The summed E-state index contributed by atoms with van der Waals surface area (Å²) in [5.74, 6) is 0.723. The number of urea groups is 1. The number of carbonyl (C=O) groups is 2. The van der Waals surface area contributed by atoms with Crippen molar-refractivity contribution in [3.05, 3.63) is 95.6 Å². The molecule has 0 radical (unpaired) electrons. The van der Waals surface area contributed by atoms with Crippen LogP contribution in [0.3, 0.4) is 0 Å². The van der Waals surface area contributed by atoms with Gasteiger partial charge in [0.05, 0.1) is 12.5 Å². The second kappa shape index (κ2) is 11.7. The van der Waals surface area contributed by atoms with Crippen LogP contribution in [0.15, 0.2) is 78.9 Å². The number of rotatable bonds is 6. The summed E-state index contributed by atoms with van der Waals surface area (Å²) >= 11 is 0. The number of amides is 3. The highest BCUT2D eigenvalue weighted by molar-refractivity contribution is 5.94. The minimum Gasteiger partial charge on any atom is -0.489 e. The zero-order valence-corrected chi connectivity index (χ0v) is 19.5. The predicted molar refractivity (Wildman–Crippen MR) is 134 cm³/mol. The van der Waals surface area contributed by atoms with Gasteiger partial charge in [0.1, 0.15) is 12.4 Å². The molecule has 0 bridgehead atoms. The Morgan fingerprint density at radius 1 is 0.857 bits per heavy atom. The average Bonchev–Trinajstić information content (AvgIpc) is 3.15.